The maximum atomic E-state index is 6.18. The zero-order chi connectivity index (χ0) is 11.0. The van der Waals surface area contributed by atoms with E-state index < -0.39 is 0 Å². The molecule has 3 rings (SSSR count). The van der Waals surface area contributed by atoms with Gasteiger partial charge in [0.2, 0.25) is 0 Å². The van der Waals surface area contributed by atoms with Crippen LogP contribution in [0.3, 0.4) is 0 Å². The average Bonchev–Trinajstić information content (AvgIpc) is 2.81. The second kappa shape index (κ2) is 4.36. The summed E-state index contributed by atoms with van der Waals surface area (Å²) in [6.45, 7) is 5.85. The number of hydrogen-bond donors (Lipinski definition) is 1. The third-order valence-corrected chi connectivity index (χ3v) is 4.19. The quantitative estimate of drug-likeness (QED) is 0.845. The molecular formula is C13H17ClN2. The summed E-state index contributed by atoms with van der Waals surface area (Å²) in [5.74, 6) is 1.73. The van der Waals surface area contributed by atoms with Crippen molar-refractivity contribution in [3.63, 3.8) is 0 Å². The van der Waals surface area contributed by atoms with Gasteiger partial charge in [-0.2, -0.15) is 0 Å². The third kappa shape index (κ3) is 1.97. The minimum atomic E-state index is 0.863. The van der Waals surface area contributed by atoms with E-state index in [1.165, 1.54) is 31.7 Å². The van der Waals surface area contributed by atoms with E-state index in [1.54, 1.807) is 0 Å². The molecule has 2 heterocycles. The molecule has 1 aromatic carbocycles. The Morgan fingerprint density at radius 1 is 1.19 bits per heavy atom. The molecule has 0 unspecified atom stereocenters. The molecule has 0 saturated carbocycles. The van der Waals surface area contributed by atoms with Gasteiger partial charge in [-0.05, 0) is 36.6 Å². The van der Waals surface area contributed by atoms with E-state index in [0.717, 1.165) is 23.4 Å². The van der Waals surface area contributed by atoms with Crippen molar-refractivity contribution in [2.75, 3.05) is 26.2 Å². The summed E-state index contributed by atoms with van der Waals surface area (Å²) in [6.07, 6.45) is 0. The van der Waals surface area contributed by atoms with E-state index >= 15 is 0 Å². The molecule has 3 heteroatoms. The molecule has 0 radical (unpaired) electrons. The average molecular weight is 237 g/mol. The Balaban J connectivity index is 1.66. The van der Waals surface area contributed by atoms with Crippen LogP contribution < -0.4 is 5.32 Å². The van der Waals surface area contributed by atoms with Gasteiger partial charge in [0.1, 0.15) is 0 Å². The van der Waals surface area contributed by atoms with Crippen LogP contribution >= 0.6 is 11.6 Å². The Hall–Kier alpha value is -0.570. The lowest BCUT2D eigenvalue weighted by molar-refractivity contribution is 0.306. The van der Waals surface area contributed by atoms with Crippen LogP contribution in [-0.4, -0.2) is 31.1 Å². The number of nitrogens with zero attached hydrogens (tertiary/aromatic N) is 1. The molecule has 2 nitrogen and oxygen atoms in total. The van der Waals surface area contributed by atoms with Crippen molar-refractivity contribution >= 4 is 11.6 Å². The maximum Gasteiger partial charge on any atom is 0.0451 e. The van der Waals surface area contributed by atoms with Gasteiger partial charge in [-0.3, -0.25) is 4.90 Å². The highest BCUT2D eigenvalue weighted by Gasteiger charge is 2.35. The molecule has 86 valence electrons. The number of rotatable bonds is 2. The molecular weight excluding hydrogens is 220 g/mol. The van der Waals surface area contributed by atoms with Crippen molar-refractivity contribution in [1.29, 1.82) is 0 Å². The molecule has 2 atom stereocenters. The minimum absolute atomic E-state index is 0.863. The Bertz CT molecular complexity index is 368. The summed E-state index contributed by atoms with van der Waals surface area (Å²) in [6, 6.07) is 8.18. The molecule has 0 amide bonds. The number of hydrogen-bond acceptors (Lipinski definition) is 2. The minimum Gasteiger partial charge on any atom is -0.316 e. The van der Waals surface area contributed by atoms with E-state index in [2.05, 4.69) is 22.3 Å². The standard InChI is InChI=1S/C13H17ClN2/c14-13-4-2-1-3-10(13)7-16-8-11-5-15-6-12(11)9-16/h1-4,11-12,15H,5-9H2/t11-,12+. The number of likely N-dealkylation sites (tertiary alicyclic amines) is 1. The summed E-state index contributed by atoms with van der Waals surface area (Å²) in [5.41, 5.74) is 1.26. The molecule has 1 N–H and O–H groups in total. The van der Waals surface area contributed by atoms with E-state index in [4.69, 9.17) is 11.6 Å². The number of nitrogens with one attached hydrogen (secondary N) is 1. The normalized spacial score (nSPS) is 29.6. The first-order valence-electron chi connectivity index (χ1n) is 5.99. The molecule has 2 saturated heterocycles. The van der Waals surface area contributed by atoms with Crippen molar-refractivity contribution in [2.24, 2.45) is 11.8 Å². The molecule has 2 fully saturated rings. The Labute approximate surface area is 102 Å². The van der Waals surface area contributed by atoms with Gasteiger partial charge in [-0.15, -0.1) is 0 Å². The molecule has 0 aliphatic carbocycles. The molecule has 2 aliphatic rings. The topological polar surface area (TPSA) is 15.3 Å². The zero-order valence-corrected chi connectivity index (χ0v) is 10.1. The van der Waals surface area contributed by atoms with E-state index in [1.807, 2.05) is 12.1 Å². The summed E-state index contributed by atoms with van der Waals surface area (Å²) >= 11 is 6.18. The van der Waals surface area contributed by atoms with Crippen LogP contribution in [0.2, 0.25) is 5.02 Å². The lowest BCUT2D eigenvalue weighted by Crippen LogP contribution is -2.25. The first kappa shape index (κ1) is 10.6. The van der Waals surface area contributed by atoms with Crippen LogP contribution in [0.5, 0.6) is 0 Å². The molecule has 16 heavy (non-hydrogen) atoms. The Kier molecular flexibility index (Phi) is 2.88. The van der Waals surface area contributed by atoms with Crippen LogP contribution in [0.1, 0.15) is 5.56 Å². The second-order valence-corrected chi connectivity index (χ2v) is 5.37. The highest BCUT2D eigenvalue weighted by Crippen LogP contribution is 2.28. The van der Waals surface area contributed by atoms with Crippen molar-refractivity contribution in [1.82, 2.24) is 10.2 Å². The third-order valence-electron chi connectivity index (χ3n) is 3.82. The summed E-state index contributed by atoms with van der Waals surface area (Å²) in [7, 11) is 0. The molecule has 0 bridgehead atoms. The lowest BCUT2D eigenvalue weighted by atomic mass is 10.0. The smallest absolute Gasteiger partial charge is 0.0451 e. The monoisotopic (exact) mass is 236 g/mol. The summed E-state index contributed by atoms with van der Waals surface area (Å²) in [5, 5.41) is 4.37. The van der Waals surface area contributed by atoms with Crippen molar-refractivity contribution in [3.8, 4) is 0 Å². The predicted molar refractivity (Wildman–Crippen MR) is 66.6 cm³/mol. The van der Waals surface area contributed by atoms with Crippen LogP contribution in [0, 0.1) is 11.8 Å². The predicted octanol–water partition coefficient (Wildman–Crippen LogP) is 1.99. The van der Waals surface area contributed by atoms with Crippen LogP contribution in [0.4, 0.5) is 0 Å². The maximum absolute atomic E-state index is 6.18. The van der Waals surface area contributed by atoms with Gasteiger partial charge < -0.3 is 5.32 Å². The Morgan fingerprint density at radius 3 is 2.56 bits per heavy atom. The van der Waals surface area contributed by atoms with E-state index in [9.17, 15) is 0 Å². The summed E-state index contributed by atoms with van der Waals surface area (Å²) < 4.78 is 0. The molecule has 1 aromatic rings. The van der Waals surface area contributed by atoms with E-state index in [0.29, 0.717) is 0 Å². The molecule has 0 spiro atoms. The first-order valence-corrected chi connectivity index (χ1v) is 6.37. The first-order chi connectivity index (χ1) is 7.83. The number of halogens is 1. The fourth-order valence-corrected chi connectivity index (χ4v) is 3.14. The molecule has 2 aliphatic heterocycles. The van der Waals surface area contributed by atoms with Gasteiger partial charge in [0.15, 0.2) is 0 Å². The highest BCUT2D eigenvalue weighted by atomic mass is 35.5. The van der Waals surface area contributed by atoms with E-state index in [-0.39, 0.29) is 0 Å². The van der Waals surface area contributed by atoms with Gasteiger partial charge in [0.25, 0.3) is 0 Å². The van der Waals surface area contributed by atoms with Crippen LogP contribution in [-0.2, 0) is 6.54 Å². The van der Waals surface area contributed by atoms with Gasteiger partial charge >= 0.3 is 0 Å². The zero-order valence-electron chi connectivity index (χ0n) is 9.32. The van der Waals surface area contributed by atoms with Crippen LogP contribution in [0.15, 0.2) is 24.3 Å². The van der Waals surface area contributed by atoms with Crippen molar-refractivity contribution < 1.29 is 0 Å². The second-order valence-electron chi connectivity index (χ2n) is 4.96. The van der Waals surface area contributed by atoms with Crippen LogP contribution in [0.25, 0.3) is 0 Å². The fourth-order valence-electron chi connectivity index (χ4n) is 2.95. The van der Waals surface area contributed by atoms with Crippen molar-refractivity contribution in [3.05, 3.63) is 34.9 Å². The lowest BCUT2D eigenvalue weighted by Gasteiger charge is -2.17. The van der Waals surface area contributed by atoms with Crippen molar-refractivity contribution in [2.45, 2.75) is 6.54 Å². The number of benzene rings is 1. The largest absolute Gasteiger partial charge is 0.316 e. The Morgan fingerprint density at radius 2 is 1.88 bits per heavy atom. The highest BCUT2D eigenvalue weighted by molar-refractivity contribution is 6.31. The number of fused-ring (bicyclic) bond motifs is 1. The van der Waals surface area contributed by atoms with Gasteiger partial charge in [-0.1, -0.05) is 29.8 Å². The van der Waals surface area contributed by atoms with Gasteiger partial charge in [-0.25, -0.2) is 0 Å². The van der Waals surface area contributed by atoms with Gasteiger partial charge in [0, 0.05) is 24.7 Å². The summed E-state index contributed by atoms with van der Waals surface area (Å²) in [4.78, 5) is 2.54. The fraction of sp³-hybridized carbons (Fsp3) is 0.538. The van der Waals surface area contributed by atoms with Gasteiger partial charge in [0.05, 0.1) is 0 Å². The molecule has 0 aromatic heterocycles. The SMILES string of the molecule is Clc1ccccc1CN1C[C@H]2CNC[C@H]2C1.